The van der Waals surface area contributed by atoms with E-state index in [0.29, 0.717) is 19.3 Å². The minimum Gasteiger partial charge on any atom is -0.462 e. The maximum Gasteiger partial charge on any atom is 0.306 e. The Bertz CT molecular complexity index is 973. The zero-order chi connectivity index (χ0) is 43.7. The second kappa shape index (κ2) is 49.5. The lowest BCUT2D eigenvalue weighted by Crippen LogP contribution is -2.30. The van der Waals surface area contributed by atoms with Crippen LogP contribution in [0, 0.1) is 0 Å². The molecule has 1 unspecified atom stereocenters. The molecule has 0 aliphatic carbocycles. The van der Waals surface area contributed by atoms with Gasteiger partial charge in [0, 0.05) is 19.3 Å². The molecule has 0 saturated carbocycles. The average Bonchev–Trinajstić information content (AvgIpc) is 3.24. The van der Waals surface area contributed by atoms with Gasteiger partial charge in [-0.2, -0.15) is 0 Å². The lowest BCUT2D eigenvalue weighted by Gasteiger charge is -2.18. The molecule has 0 aromatic carbocycles. The topological polar surface area (TPSA) is 78.9 Å². The normalized spacial score (nSPS) is 12.1. The molecular formula is C54H100O6. The van der Waals surface area contributed by atoms with Crippen LogP contribution in [0.25, 0.3) is 0 Å². The van der Waals surface area contributed by atoms with Gasteiger partial charge in [-0.25, -0.2) is 0 Å². The highest BCUT2D eigenvalue weighted by Gasteiger charge is 2.19. The van der Waals surface area contributed by atoms with E-state index in [4.69, 9.17) is 14.2 Å². The molecule has 0 rings (SSSR count). The van der Waals surface area contributed by atoms with Crippen LogP contribution in [-0.2, 0) is 28.6 Å². The van der Waals surface area contributed by atoms with E-state index < -0.39 is 6.10 Å². The Hall–Kier alpha value is -2.11. The molecule has 1 atom stereocenters. The summed E-state index contributed by atoms with van der Waals surface area (Å²) in [6, 6.07) is 0. The van der Waals surface area contributed by atoms with Crippen LogP contribution in [0.5, 0.6) is 0 Å². The van der Waals surface area contributed by atoms with Crippen LogP contribution in [-0.4, -0.2) is 37.2 Å². The molecule has 0 aliphatic rings. The smallest absolute Gasteiger partial charge is 0.306 e. The maximum absolute atomic E-state index is 12.6. The quantitative estimate of drug-likeness (QED) is 0.0263. The predicted octanol–water partition coefficient (Wildman–Crippen LogP) is 17.2. The van der Waals surface area contributed by atoms with Crippen LogP contribution in [0.2, 0.25) is 0 Å². The van der Waals surface area contributed by atoms with E-state index in [9.17, 15) is 14.4 Å². The number of carbonyl (C=O) groups excluding carboxylic acids is 3. The minimum absolute atomic E-state index is 0.0722. The van der Waals surface area contributed by atoms with Gasteiger partial charge < -0.3 is 14.2 Å². The van der Waals surface area contributed by atoms with Crippen LogP contribution in [0.3, 0.4) is 0 Å². The molecule has 0 aromatic rings. The van der Waals surface area contributed by atoms with Crippen molar-refractivity contribution in [3.63, 3.8) is 0 Å². The number of ether oxygens (including phenoxy) is 3. The number of hydrogen-bond acceptors (Lipinski definition) is 6. The molecule has 0 fully saturated rings. The van der Waals surface area contributed by atoms with Gasteiger partial charge >= 0.3 is 17.9 Å². The van der Waals surface area contributed by atoms with Gasteiger partial charge in [-0.1, -0.05) is 225 Å². The zero-order valence-corrected chi connectivity index (χ0v) is 40.2. The van der Waals surface area contributed by atoms with Gasteiger partial charge in [0.25, 0.3) is 0 Å². The van der Waals surface area contributed by atoms with Gasteiger partial charge in [-0.05, 0) is 64.2 Å². The van der Waals surface area contributed by atoms with Crippen LogP contribution >= 0.6 is 0 Å². The summed E-state index contributed by atoms with van der Waals surface area (Å²) >= 11 is 0. The lowest BCUT2D eigenvalue weighted by atomic mass is 10.0. The number of hydrogen-bond donors (Lipinski definition) is 0. The van der Waals surface area contributed by atoms with Crippen molar-refractivity contribution in [1.29, 1.82) is 0 Å². The Labute approximate surface area is 373 Å². The highest BCUT2D eigenvalue weighted by Crippen LogP contribution is 2.16. The van der Waals surface area contributed by atoms with Crippen molar-refractivity contribution < 1.29 is 28.6 Å². The van der Waals surface area contributed by atoms with Gasteiger partial charge in [0.15, 0.2) is 6.10 Å². The first-order chi connectivity index (χ1) is 29.5. The van der Waals surface area contributed by atoms with Crippen LogP contribution in [0.15, 0.2) is 24.3 Å². The summed E-state index contributed by atoms with van der Waals surface area (Å²) in [4.78, 5) is 37.5. The first kappa shape index (κ1) is 57.9. The SMILES string of the molecule is CCC/C=C\CCCCCCCC(=O)OC(COC(=O)CCCCCCC)COC(=O)CCCCCCCCCCCCCCCCC/C=C\CCCCCCCCCC. The summed E-state index contributed by atoms with van der Waals surface area (Å²) < 4.78 is 16.6. The van der Waals surface area contributed by atoms with Crippen LogP contribution in [0.1, 0.15) is 284 Å². The molecule has 0 spiro atoms. The van der Waals surface area contributed by atoms with Crippen molar-refractivity contribution in [2.75, 3.05) is 13.2 Å². The number of rotatable bonds is 48. The molecule has 0 radical (unpaired) electrons. The fourth-order valence-electron chi connectivity index (χ4n) is 7.68. The van der Waals surface area contributed by atoms with E-state index in [1.165, 1.54) is 161 Å². The van der Waals surface area contributed by atoms with Gasteiger partial charge in [0.2, 0.25) is 0 Å². The van der Waals surface area contributed by atoms with Gasteiger partial charge in [-0.3, -0.25) is 14.4 Å². The fourth-order valence-corrected chi connectivity index (χ4v) is 7.68. The first-order valence-corrected chi connectivity index (χ1v) is 26.3. The summed E-state index contributed by atoms with van der Waals surface area (Å²) in [7, 11) is 0. The second-order valence-electron chi connectivity index (χ2n) is 17.8. The molecule has 0 aliphatic heterocycles. The summed E-state index contributed by atoms with van der Waals surface area (Å²) in [6.07, 6.45) is 56.6. The molecule has 0 N–H and O–H groups in total. The highest BCUT2D eigenvalue weighted by atomic mass is 16.6. The van der Waals surface area contributed by atoms with E-state index >= 15 is 0 Å². The van der Waals surface area contributed by atoms with Gasteiger partial charge in [-0.15, -0.1) is 0 Å². The molecule has 0 amide bonds. The molecule has 0 heterocycles. The number of carbonyl (C=O) groups is 3. The van der Waals surface area contributed by atoms with Gasteiger partial charge in [0.05, 0.1) is 0 Å². The highest BCUT2D eigenvalue weighted by molar-refractivity contribution is 5.71. The third kappa shape index (κ3) is 46.9. The van der Waals surface area contributed by atoms with E-state index in [1.54, 1.807) is 0 Å². The zero-order valence-electron chi connectivity index (χ0n) is 40.2. The van der Waals surface area contributed by atoms with E-state index in [0.717, 1.165) is 83.5 Å². The Morgan fingerprint density at radius 3 is 0.900 bits per heavy atom. The van der Waals surface area contributed by atoms with E-state index in [-0.39, 0.29) is 31.1 Å². The largest absolute Gasteiger partial charge is 0.462 e. The minimum atomic E-state index is -0.767. The number of unbranched alkanes of at least 4 members (excludes halogenated alkanes) is 33. The Morgan fingerprint density at radius 1 is 0.317 bits per heavy atom. The Kier molecular flexibility index (Phi) is 47.8. The summed E-state index contributed by atoms with van der Waals surface area (Å²) in [5, 5.41) is 0. The molecule has 6 heteroatoms. The van der Waals surface area contributed by atoms with E-state index in [2.05, 4.69) is 45.1 Å². The molecule has 0 bridgehead atoms. The molecule has 60 heavy (non-hydrogen) atoms. The van der Waals surface area contributed by atoms with Crippen molar-refractivity contribution in [3.05, 3.63) is 24.3 Å². The Balaban J connectivity index is 3.93. The monoisotopic (exact) mass is 845 g/mol. The molecule has 352 valence electrons. The van der Waals surface area contributed by atoms with Crippen molar-refractivity contribution in [3.8, 4) is 0 Å². The van der Waals surface area contributed by atoms with Crippen LogP contribution < -0.4 is 0 Å². The number of esters is 3. The van der Waals surface area contributed by atoms with E-state index in [1.807, 2.05) is 0 Å². The average molecular weight is 845 g/mol. The van der Waals surface area contributed by atoms with Crippen molar-refractivity contribution in [2.24, 2.45) is 0 Å². The molecule has 0 aromatic heterocycles. The van der Waals surface area contributed by atoms with Crippen molar-refractivity contribution in [1.82, 2.24) is 0 Å². The van der Waals surface area contributed by atoms with Gasteiger partial charge in [0.1, 0.15) is 13.2 Å². The van der Waals surface area contributed by atoms with Crippen molar-refractivity contribution >= 4 is 17.9 Å². The summed E-state index contributed by atoms with van der Waals surface area (Å²) in [6.45, 7) is 6.50. The molecule has 0 saturated heterocycles. The standard InChI is InChI=1S/C54H100O6/c1-4-7-10-13-15-17-19-20-21-22-23-24-25-26-27-28-29-30-31-32-33-34-35-37-38-41-44-47-53(56)59-50-51(49-58-52(55)46-43-40-12-9-6-3)60-54(57)48-45-42-39-36-18-16-14-11-8-5-2/h11,14,22-23,51H,4-10,12-13,15-21,24-50H2,1-3H3/b14-11-,23-22-. The van der Waals surface area contributed by atoms with Crippen LogP contribution in [0.4, 0.5) is 0 Å². The predicted molar refractivity (Wildman–Crippen MR) is 256 cm³/mol. The number of allylic oxidation sites excluding steroid dienone is 4. The molecule has 6 nitrogen and oxygen atoms in total. The third-order valence-electron chi connectivity index (χ3n) is 11.7. The lowest BCUT2D eigenvalue weighted by molar-refractivity contribution is -0.167. The maximum atomic E-state index is 12.6. The third-order valence-corrected chi connectivity index (χ3v) is 11.7. The summed E-state index contributed by atoms with van der Waals surface area (Å²) in [5.74, 6) is -0.889. The fraction of sp³-hybridized carbons (Fsp3) is 0.870. The Morgan fingerprint density at radius 2 is 0.583 bits per heavy atom. The summed E-state index contributed by atoms with van der Waals surface area (Å²) in [5.41, 5.74) is 0. The second-order valence-corrected chi connectivity index (χ2v) is 17.8. The van der Waals surface area contributed by atoms with Crippen molar-refractivity contribution in [2.45, 2.75) is 290 Å². The first-order valence-electron chi connectivity index (χ1n) is 26.3. The molecular weight excluding hydrogens is 745 g/mol.